The lowest BCUT2D eigenvalue weighted by atomic mass is 10.1. The fraction of sp³-hybridized carbons (Fsp3) is 0.364. The van der Waals surface area contributed by atoms with Gasteiger partial charge in [0.2, 0.25) is 5.91 Å². The Morgan fingerprint density at radius 2 is 2.06 bits per heavy atom. The molecule has 0 saturated carbocycles. The average Bonchev–Trinajstić information content (AvgIpc) is 2.78. The topological polar surface area (TPSA) is 63.1 Å². The van der Waals surface area contributed by atoms with E-state index in [2.05, 4.69) is 5.32 Å². The molecule has 2 aromatic rings. The van der Waals surface area contributed by atoms with Crippen LogP contribution in [-0.4, -0.2) is 57.0 Å². The Balaban J connectivity index is 1.49. The van der Waals surface area contributed by atoms with Crippen molar-refractivity contribution in [2.45, 2.75) is 11.4 Å². The highest BCUT2D eigenvalue weighted by Gasteiger charge is 2.27. The highest BCUT2D eigenvalue weighted by Crippen LogP contribution is 2.37. The first kappa shape index (κ1) is 22.1. The summed E-state index contributed by atoms with van der Waals surface area (Å²) in [6.07, 6.45) is 0. The lowest BCUT2D eigenvalue weighted by molar-refractivity contribution is -0.906. The molecule has 164 valence electrons. The maximum atomic E-state index is 14.3. The van der Waals surface area contributed by atoms with Crippen molar-refractivity contribution in [3.05, 3.63) is 58.4 Å². The van der Waals surface area contributed by atoms with Crippen molar-refractivity contribution in [3.63, 3.8) is 0 Å². The number of quaternary nitrogens is 1. The van der Waals surface area contributed by atoms with Gasteiger partial charge in [-0.3, -0.25) is 9.59 Å². The van der Waals surface area contributed by atoms with Crippen molar-refractivity contribution >= 4 is 40.9 Å². The van der Waals surface area contributed by atoms with Crippen LogP contribution in [0.4, 0.5) is 10.1 Å². The summed E-state index contributed by atoms with van der Waals surface area (Å²) in [5.74, 6) is -0.542. The molecule has 2 N–H and O–H groups in total. The minimum atomic E-state index is -0.459. The predicted molar refractivity (Wildman–Crippen MR) is 118 cm³/mol. The number of morpholine rings is 1. The number of anilines is 1. The number of hydrogen-bond donors (Lipinski definition) is 2. The van der Waals surface area contributed by atoms with Crippen LogP contribution < -0.4 is 15.1 Å². The molecule has 1 fully saturated rings. The Kier molecular flexibility index (Phi) is 7.12. The largest absolute Gasteiger partial charge is 0.370 e. The summed E-state index contributed by atoms with van der Waals surface area (Å²) in [7, 11) is 0. The smallest absolute Gasteiger partial charge is 0.251 e. The van der Waals surface area contributed by atoms with Gasteiger partial charge in [-0.25, -0.2) is 4.39 Å². The minimum absolute atomic E-state index is 0.0172. The molecule has 2 aliphatic rings. The predicted octanol–water partition coefficient (Wildman–Crippen LogP) is 1.76. The lowest BCUT2D eigenvalue weighted by Crippen LogP contribution is -3.14. The number of thioether (sulfide) groups is 1. The van der Waals surface area contributed by atoms with E-state index in [4.69, 9.17) is 16.3 Å². The van der Waals surface area contributed by atoms with E-state index in [-0.39, 0.29) is 34.7 Å². The zero-order chi connectivity index (χ0) is 21.8. The van der Waals surface area contributed by atoms with Gasteiger partial charge >= 0.3 is 0 Å². The Morgan fingerprint density at radius 3 is 2.84 bits per heavy atom. The van der Waals surface area contributed by atoms with Crippen molar-refractivity contribution < 1.29 is 23.6 Å². The molecular formula is C22H24ClFN3O3S+. The number of fused-ring (bicyclic) bond motifs is 1. The maximum Gasteiger partial charge on any atom is 0.251 e. The van der Waals surface area contributed by atoms with Gasteiger partial charge in [0.15, 0.2) is 0 Å². The Hall–Kier alpha value is -2.13. The van der Waals surface area contributed by atoms with Crippen molar-refractivity contribution in [1.82, 2.24) is 5.32 Å². The van der Waals surface area contributed by atoms with E-state index < -0.39 is 5.82 Å². The number of hydrogen-bond acceptors (Lipinski definition) is 4. The van der Waals surface area contributed by atoms with Crippen molar-refractivity contribution in [2.75, 3.05) is 50.0 Å². The summed E-state index contributed by atoms with van der Waals surface area (Å²) in [5, 5.41) is 3.23. The van der Waals surface area contributed by atoms with E-state index >= 15 is 0 Å². The van der Waals surface area contributed by atoms with Crippen molar-refractivity contribution in [1.29, 1.82) is 0 Å². The summed E-state index contributed by atoms with van der Waals surface area (Å²) in [4.78, 5) is 29.1. The van der Waals surface area contributed by atoms with Gasteiger partial charge < -0.3 is 19.9 Å². The van der Waals surface area contributed by atoms with E-state index in [1.165, 1.54) is 33.7 Å². The van der Waals surface area contributed by atoms with Crippen LogP contribution in [0.15, 0.2) is 41.3 Å². The summed E-state index contributed by atoms with van der Waals surface area (Å²) >= 11 is 7.58. The Morgan fingerprint density at radius 1 is 1.26 bits per heavy atom. The fourth-order valence-electron chi connectivity index (χ4n) is 3.72. The molecule has 9 heteroatoms. The summed E-state index contributed by atoms with van der Waals surface area (Å²) < 4.78 is 19.7. The van der Waals surface area contributed by atoms with Gasteiger partial charge in [0, 0.05) is 21.0 Å². The van der Waals surface area contributed by atoms with Crippen molar-refractivity contribution in [3.8, 4) is 0 Å². The first-order valence-electron chi connectivity index (χ1n) is 10.2. The monoisotopic (exact) mass is 464 g/mol. The third-order valence-electron chi connectivity index (χ3n) is 5.51. The number of ether oxygens (including phenoxy) is 1. The first-order valence-corrected chi connectivity index (χ1v) is 11.6. The van der Waals surface area contributed by atoms with Gasteiger partial charge in [-0.2, -0.15) is 0 Å². The fourth-order valence-corrected chi connectivity index (χ4v) is 4.86. The summed E-state index contributed by atoms with van der Waals surface area (Å²) in [6, 6.07) is 9.75. The molecular weight excluding hydrogens is 441 g/mol. The van der Waals surface area contributed by atoms with Gasteiger partial charge in [0.1, 0.15) is 18.9 Å². The minimum Gasteiger partial charge on any atom is -0.370 e. The van der Waals surface area contributed by atoms with Gasteiger partial charge in [0.05, 0.1) is 44.3 Å². The van der Waals surface area contributed by atoms with Crippen LogP contribution in [0.25, 0.3) is 0 Å². The molecule has 1 saturated heterocycles. The Bertz CT molecular complexity index is 964. The van der Waals surface area contributed by atoms with Gasteiger partial charge in [-0.15, -0.1) is 11.8 Å². The van der Waals surface area contributed by atoms with Crippen molar-refractivity contribution in [2.24, 2.45) is 0 Å². The molecule has 0 unspecified atom stereocenters. The number of rotatable bonds is 6. The van der Waals surface area contributed by atoms with E-state index in [1.807, 2.05) is 6.07 Å². The van der Waals surface area contributed by atoms with Crippen LogP contribution in [0.3, 0.4) is 0 Å². The van der Waals surface area contributed by atoms with E-state index in [1.54, 1.807) is 18.2 Å². The number of benzene rings is 2. The van der Waals surface area contributed by atoms with Gasteiger partial charge in [-0.1, -0.05) is 17.7 Å². The number of carbonyl (C=O) groups excluding carboxylic acids is 2. The van der Waals surface area contributed by atoms with Crippen LogP contribution in [0.1, 0.15) is 15.9 Å². The molecule has 0 spiro atoms. The van der Waals surface area contributed by atoms with Crippen LogP contribution >= 0.6 is 23.4 Å². The number of halogens is 2. The Labute approximate surface area is 189 Å². The standard InChI is InChI=1S/C22H23ClFN3O3S/c23-17-2-1-3-18(24)16(17)13-27-19-12-15(4-5-20(19)31-14-21(27)28)22(29)25-6-7-26-8-10-30-11-9-26/h1-5,12H,6-11,13-14H2,(H,25,29)/p+1. The molecule has 2 aliphatic heterocycles. The SMILES string of the molecule is O=C(NCC[NH+]1CCOCC1)c1ccc2c(c1)N(Cc1c(F)cccc1Cl)C(=O)CS2. The lowest BCUT2D eigenvalue weighted by Gasteiger charge is -2.30. The van der Waals surface area contributed by atoms with Crippen LogP contribution in [0.2, 0.25) is 5.02 Å². The molecule has 0 radical (unpaired) electrons. The van der Waals surface area contributed by atoms with E-state index in [9.17, 15) is 14.0 Å². The normalized spacial score (nSPS) is 16.8. The summed E-state index contributed by atoms with van der Waals surface area (Å²) in [6.45, 7) is 4.82. The molecule has 0 bridgehead atoms. The second kappa shape index (κ2) is 9.99. The molecule has 2 aromatic carbocycles. The van der Waals surface area contributed by atoms with Crippen LogP contribution in [0.5, 0.6) is 0 Å². The molecule has 4 rings (SSSR count). The zero-order valence-corrected chi connectivity index (χ0v) is 18.5. The van der Waals surface area contributed by atoms with E-state index in [0.29, 0.717) is 17.8 Å². The number of carbonyl (C=O) groups is 2. The molecule has 0 atom stereocenters. The maximum absolute atomic E-state index is 14.3. The van der Waals surface area contributed by atoms with Gasteiger partial charge in [0.25, 0.3) is 5.91 Å². The second-order valence-electron chi connectivity index (χ2n) is 7.52. The second-order valence-corrected chi connectivity index (χ2v) is 8.94. The highest BCUT2D eigenvalue weighted by atomic mass is 35.5. The molecule has 31 heavy (non-hydrogen) atoms. The van der Waals surface area contributed by atoms with Gasteiger partial charge in [-0.05, 0) is 30.3 Å². The molecule has 2 heterocycles. The summed E-state index contributed by atoms with van der Waals surface area (Å²) in [5.41, 5.74) is 1.33. The van der Waals surface area contributed by atoms with E-state index in [0.717, 1.165) is 37.7 Å². The third kappa shape index (κ3) is 5.20. The molecule has 0 aliphatic carbocycles. The quantitative estimate of drug-likeness (QED) is 0.684. The molecule has 0 aromatic heterocycles. The molecule has 6 nitrogen and oxygen atoms in total. The molecule has 2 amide bonds. The average molecular weight is 465 g/mol. The third-order valence-corrected chi connectivity index (χ3v) is 6.91. The number of nitrogens with zero attached hydrogens (tertiary/aromatic N) is 1. The highest BCUT2D eigenvalue weighted by molar-refractivity contribution is 8.00. The first-order chi connectivity index (χ1) is 15.0. The number of amides is 2. The number of nitrogens with one attached hydrogen (secondary N) is 2. The van der Waals surface area contributed by atoms with Crippen LogP contribution in [-0.2, 0) is 16.1 Å². The van der Waals surface area contributed by atoms with Crippen LogP contribution in [0, 0.1) is 5.82 Å². The zero-order valence-electron chi connectivity index (χ0n) is 17.0.